The second-order valence-corrected chi connectivity index (χ2v) is 3.49. The summed E-state index contributed by atoms with van der Waals surface area (Å²) < 4.78 is 29.8. The molecule has 100 valence electrons. The van der Waals surface area contributed by atoms with Gasteiger partial charge in [0.2, 0.25) is 0 Å². The number of nitrogens with two attached hydrogens (primary N) is 1. The number of hydrogen-bond acceptors (Lipinski definition) is 5. The number of rotatable bonds is 5. The molecule has 0 fully saturated rings. The molecule has 0 unspecified atom stereocenters. The SMILES string of the molecule is CCOC(=O)Cc1cc(C(F)F)nc(CN)c1O. The molecule has 1 rings (SSSR count). The van der Waals surface area contributed by atoms with Gasteiger partial charge in [-0.2, -0.15) is 0 Å². The van der Waals surface area contributed by atoms with E-state index in [9.17, 15) is 18.7 Å². The Bertz CT molecular complexity index is 439. The number of esters is 1. The average Bonchev–Trinajstić information content (AvgIpc) is 2.31. The first kappa shape index (κ1) is 14.3. The van der Waals surface area contributed by atoms with E-state index in [0.717, 1.165) is 6.07 Å². The summed E-state index contributed by atoms with van der Waals surface area (Å²) in [5.74, 6) is -0.947. The predicted molar refractivity (Wildman–Crippen MR) is 59.1 cm³/mol. The number of halogens is 2. The Morgan fingerprint density at radius 3 is 2.78 bits per heavy atom. The van der Waals surface area contributed by atoms with Crippen LogP contribution < -0.4 is 5.73 Å². The summed E-state index contributed by atoms with van der Waals surface area (Å²) in [4.78, 5) is 14.8. The fourth-order valence-electron chi connectivity index (χ4n) is 1.43. The Kier molecular flexibility index (Phi) is 4.96. The second-order valence-electron chi connectivity index (χ2n) is 3.49. The van der Waals surface area contributed by atoms with Crippen LogP contribution in [0.25, 0.3) is 0 Å². The number of aromatic hydroxyl groups is 1. The van der Waals surface area contributed by atoms with Crippen LogP contribution in [0.4, 0.5) is 8.78 Å². The summed E-state index contributed by atoms with van der Waals surface area (Å²) in [6, 6.07) is 0.982. The molecule has 7 heteroatoms. The Morgan fingerprint density at radius 2 is 2.28 bits per heavy atom. The lowest BCUT2D eigenvalue weighted by Gasteiger charge is -2.10. The second kappa shape index (κ2) is 6.25. The summed E-state index contributed by atoms with van der Waals surface area (Å²) >= 11 is 0. The fraction of sp³-hybridized carbons (Fsp3) is 0.455. The number of ether oxygens (including phenoxy) is 1. The molecule has 5 nitrogen and oxygen atoms in total. The minimum atomic E-state index is -2.79. The zero-order valence-corrected chi connectivity index (χ0v) is 9.82. The third-order valence-electron chi connectivity index (χ3n) is 2.22. The summed E-state index contributed by atoms with van der Waals surface area (Å²) in [6.45, 7) is 1.61. The normalized spacial score (nSPS) is 10.7. The van der Waals surface area contributed by atoms with Gasteiger partial charge in [0.1, 0.15) is 11.4 Å². The molecule has 0 saturated heterocycles. The van der Waals surface area contributed by atoms with Gasteiger partial charge in [0.15, 0.2) is 0 Å². The van der Waals surface area contributed by atoms with Gasteiger partial charge in [-0.1, -0.05) is 0 Å². The van der Waals surface area contributed by atoms with Crippen LogP contribution in [0, 0.1) is 0 Å². The number of nitrogens with zero attached hydrogens (tertiary/aromatic N) is 1. The summed E-state index contributed by atoms with van der Waals surface area (Å²) in [6.07, 6.45) is -3.09. The quantitative estimate of drug-likeness (QED) is 0.779. The maximum atomic E-state index is 12.6. The number of pyridine rings is 1. The van der Waals surface area contributed by atoms with Crippen molar-refractivity contribution in [2.24, 2.45) is 5.73 Å². The van der Waals surface area contributed by atoms with E-state index in [1.165, 1.54) is 0 Å². The smallest absolute Gasteiger partial charge is 0.310 e. The van der Waals surface area contributed by atoms with Gasteiger partial charge in [-0.05, 0) is 13.0 Å². The zero-order valence-electron chi connectivity index (χ0n) is 9.82. The van der Waals surface area contributed by atoms with E-state index in [1.807, 2.05) is 0 Å². The highest BCUT2D eigenvalue weighted by atomic mass is 19.3. The first-order chi connectivity index (χ1) is 8.49. The van der Waals surface area contributed by atoms with Crippen molar-refractivity contribution in [3.63, 3.8) is 0 Å². The van der Waals surface area contributed by atoms with Crippen molar-refractivity contribution in [2.45, 2.75) is 26.3 Å². The molecule has 0 radical (unpaired) electrons. The van der Waals surface area contributed by atoms with Crippen LogP contribution in [0.3, 0.4) is 0 Å². The maximum Gasteiger partial charge on any atom is 0.310 e. The van der Waals surface area contributed by atoms with Gasteiger partial charge in [-0.3, -0.25) is 4.79 Å². The molecule has 0 spiro atoms. The van der Waals surface area contributed by atoms with Gasteiger partial charge in [0.25, 0.3) is 6.43 Å². The number of aromatic nitrogens is 1. The van der Waals surface area contributed by atoms with Crippen molar-refractivity contribution >= 4 is 5.97 Å². The lowest BCUT2D eigenvalue weighted by molar-refractivity contribution is -0.142. The highest BCUT2D eigenvalue weighted by Crippen LogP contribution is 2.27. The molecule has 0 aliphatic heterocycles. The van der Waals surface area contributed by atoms with Crippen molar-refractivity contribution in [1.29, 1.82) is 0 Å². The van der Waals surface area contributed by atoms with Gasteiger partial charge in [0.05, 0.1) is 18.7 Å². The van der Waals surface area contributed by atoms with E-state index in [1.54, 1.807) is 6.92 Å². The third-order valence-corrected chi connectivity index (χ3v) is 2.22. The topological polar surface area (TPSA) is 85.4 Å². The Balaban J connectivity index is 3.08. The fourth-order valence-corrected chi connectivity index (χ4v) is 1.43. The number of carbonyl (C=O) groups excluding carboxylic acids is 1. The third kappa shape index (κ3) is 3.36. The maximum absolute atomic E-state index is 12.6. The van der Waals surface area contributed by atoms with Crippen LogP contribution in [0.5, 0.6) is 5.75 Å². The minimum Gasteiger partial charge on any atom is -0.506 e. The lowest BCUT2D eigenvalue weighted by Crippen LogP contribution is -2.11. The van der Waals surface area contributed by atoms with Gasteiger partial charge in [-0.15, -0.1) is 0 Å². The molecular formula is C11H14F2N2O3. The molecule has 0 bridgehead atoms. The first-order valence-electron chi connectivity index (χ1n) is 5.35. The van der Waals surface area contributed by atoms with Crippen LogP contribution >= 0.6 is 0 Å². The van der Waals surface area contributed by atoms with Crippen molar-refractivity contribution in [2.75, 3.05) is 6.61 Å². The van der Waals surface area contributed by atoms with Crippen molar-refractivity contribution in [1.82, 2.24) is 4.98 Å². The number of hydrogen-bond donors (Lipinski definition) is 2. The van der Waals surface area contributed by atoms with E-state index in [4.69, 9.17) is 5.73 Å². The van der Waals surface area contributed by atoms with Crippen molar-refractivity contribution < 1.29 is 23.4 Å². The van der Waals surface area contributed by atoms with E-state index < -0.39 is 18.1 Å². The summed E-state index contributed by atoms with van der Waals surface area (Å²) in [5.41, 5.74) is 4.75. The van der Waals surface area contributed by atoms with Gasteiger partial charge >= 0.3 is 5.97 Å². The molecule has 1 aromatic heterocycles. The highest BCUT2D eigenvalue weighted by Gasteiger charge is 2.18. The zero-order chi connectivity index (χ0) is 13.7. The molecule has 18 heavy (non-hydrogen) atoms. The summed E-state index contributed by atoms with van der Waals surface area (Å²) in [7, 11) is 0. The highest BCUT2D eigenvalue weighted by molar-refractivity contribution is 5.73. The van der Waals surface area contributed by atoms with E-state index in [0.29, 0.717) is 0 Å². The molecule has 0 saturated carbocycles. The Labute approximate surface area is 103 Å². The Morgan fingerprint density at radius 1 is 1.61 bits per heavy atom. The molecule has 1 aromatic rings. The lowest BCUT2D eigenvalue weighted by atomic mass is 10.1. The average molecular weight is 260 g/mol. The van der Waals surface area contributed by atoms with Crippen LogP contribution in [0.1, 0.15) is 30.3 Å². The van der Waals surface area contributed by atoms with Crippen molar-refractivity contribution in [3.05, 3.63) is 23.0 Å². The van der Waals surface area contributed by atoms with Crippen molar-refractivity contribution in [3.8, 4) is 5.75 Å². The van der Waals surface area contributed by atoms with E-state index >= 15 is 0 Å². The van der Waals surface area contributed by atoms with Gasteiger partial charge < -0.3 is 15.6 Å². The molecular weight excluding hydrogens is 246 g/mol. The molecule has 0 amide bonds. The number of alkyl halides is 2. The molecule has 1 heterocycles. The van der Waals surface area contributed by atoms with Crippen LogP contribution in [0.15, 0.2) is 6.07 Å². The van der Waals surface area contributed by atoms with E-state index in [2.05, 4.69) is 9.72 Å². The van der Waals surface area contributed by atoms with Gasteiger partial charge in [-0.25, -0.2) is 13.8 Å². The number of carbonyl (C=O) groups is 1. The molecule has 0 aromatic carbocycles. The standard InChI is InChI=1S/C11H14F2N2O3/c1-2-18-9(16)4-6-3-7(11(12)13)15-8(5-14)10(6)17/h3,11,17H,2,4-5,14H2,1H3. The molecule has 0 atom stereocenters. The Hall–Kier alpha value is -1.76. The predicted octanol–water partition coefficient (Wildman–Crippen LogP) is 1.29. The molecule has 0 aliphatic rings. The minimum absolute atomic E-state index is 0.0409. The summed E-state index contributed by atoms with van der Waals surface area (Å²) in [5, 5.41) is 9.72. The van der Waals surface area contributed by atoms with Crippen LogP contribution in [-0.4, -0.2) is 22.7 Å². The largest absolute Gasteiger partial charge is 0.506 e. The molecule has 3 N–H and O–H groups in total. The first-order valence-corrected chi connectivity index (χ1v) is 5.35. The monoisotopic (exact) mass is 260 g/mol. The van der Waals surface area contributed by atoms with Crippen LogP contribution in [0.2, 0.25) is 0 Å². The van der Waals surface area contributed by atoms with Crippen LogP contribution in [-0.2, 0) is 22.5 Å². The van der Waals surface area contributed by atoms with Gasteiger partial charge in [0, 0.05) is 12.1 Å². The van der Waals surface area contributed by atoms with E-state index in [-0.39, 0.29) is 36.6 Å². The molecule has 0 aliphatic carbocycles.